The average Bonchev–Trinajstić information content (AvgIpc) is 2.13. The van der Waals surface area contributed by atoms with Crippen molar-refractivity contribution in [2.45, 2.75) is 38.5 Å². The SMILES string of the molecule is CC1C=C(C(O)(CN)C(F)(F)F)CC(C)C1. The molecule has 3 N–H and O–H groups in total. The van der Waals surface area contributed by atoms with Crippen LogP contribution < -0.4 is 5.73 Å². The van der Waals surface area contributed by atoms with Crippen molar-refractivity contribution in [3.05, 3.63) is 11.6 Å². The molecule has 0 saturated carbocycles. The van der Waals surface area contributed by atoms with Crippen LogP contribution in [0.2, 0.25) is 0 Å². The van der Waals surface area contributed by atoms with Crippen LogP contribution in [0, 0.1) is 11.8 Å². The number of nitrogens with two attached hydrogens (primary N) is 1. The highest BCUT2D eigenvalue weighted by Crippen LogP contribution is 2.41. The summed E-state index contributed by atoms with van der Waals surface area (Å²) in [7, 11) is 0. The molecular weight excluding hydrogens is 219 g/mol. The van der Waals surface area contributed by atoms with Gasteiger partial charge in [-0.15, -0.1) is 0 Å². The van der Waals surface area contributed by atoms with E-state index in [4.69, 9.17) is 5.73 Å². The zero-order chi connectivity index (χ0) is 12.6. The Hall–Kier alpha value is -0.550. The number of allylic oxidation sites excluding steroid dienone is 1. The Morgan fingerprint density at radius 1 is 1.44 bits per heavy atom. The van der Waals surface area contributed by atoms with E-state index in [1.54, 1.807) is 0 Å². The Labute approximate surface area is 93.3 Å². The van der Waals surface area contributed by atoms with Gasteiger partial charge >= 0.3 is 6.18 Å². The summed E-state index contributed by atoms with van der Waals surface area (Å²) in [6, 6.07) is 0. The molecule has 0 aliphatic heterocycles. The Balaban J connectivity index is 3.06. The largest absolute Gasteiger partial charge is 0.422 e. The van der Waals surface area contributed by atoms with Gasteiger partial charge in [-0.3, -0.25) is 0 Å². The molecule has 3 unspecified atom stereocenters. The van der Waals surface area contributed by atoms with Crippen LogP contribution in [0.4, 0.5) is 13.2 Å². The Morgan fingerprint density at radius 2 is 2.00 bits per heavy atom. The third kappa shape index (κ3) is 2.40. The van der Waals surface area contributed by atoms with Gasteiger partial charge in [0, 0.05) is 6.54 Å². The van der Waals surface area contributed by atoms with Gasteiger partial charge < -0.3 is 10.8 Å². The lowest BCUT2D eigenvalue weighted by atomic mass is 9.77. The molecule has 5 heteroatoms. The second-order valence-electron chi connectivity index (χ2n) is 4.78. The van der Waals surface area contributed by atoms with Crippen LogP contribution in [0.15, 0.2) is 11.6 Å². The quantitative estimate of drug-likeness (QED) is 0.723. The van der Waals surface area contributed by atoms with Crippen LogP contribution in [-0.4, -0.2) is 23.4 Å². The third-order valence-corrected chi connectivity index (χ3v) is 3.12. The van der Waals surface area contributed by atoms with E-state index in [9.17, 15) is 18.3 Å². The predicted octanol–water partition coefficient (Wildman–Crippen LogP) is 2.23. The van der Waals surface area contributed by atoms with Gasteiger partial charge in [-0.05, 0) is 30.3 Å². The second kappa shape index (κ2) is 4.37. The topological polar surface area (TPSA) is 46.2 Å². The van der Waals surface area contributed by atoms with E-state index < -0.39 is 18.3 Å². The van der Waals surface area contributed by atoms with Crippen LogP contribution in [0.1, 0.15) is 26.7 Å². The monoisotopic (exact) mass is 237 g/mol. The van der Waals surface area contributed by atoms with Gasteiger partial charge in [0.1, 0.15) is 0 Å². The van der Waals surface area contributed by atoms with Crippen molar-refractivity contribution in [3.63, 3.8) is 0 Å². The lowest BCUT2D eigenvalue weighted by Gasteiger charge is -2.36. The smallest absolute Gasteiger partial charge is 0.376 e. The highest BCUT2D eigenvalue weighted by molar-refractivity contribution is 5.24. The van der Waals surface area contributed by atoms with Gasteiger partial charge in [-0.25, -0.2) is 0 Å². The van der Waals surface area contributed by atoms with Crippen molar-refractivity contribution < 1.29 is 18.3 Å². The number of halogens is 3. The number of hydrogen-bond donors (Lipinski definition) is 2. The molecule has 0 spiro atoms. The van der Waals surface area contributed by atoms with Gasteiger partial charge in [-0.1, -0.05) is 19.9 Å². The van der Waals surface area contributed by atoms with E-state index in [-0.39, 0.29) is 23.8 Å². The maximum Gasteiger partial charge on any atom is 0.422 e. The molecule has 0 aromatic heterocycles. The summed E-state index contributed by atoms with van der Waals surface area (Å²) in [6.07, 6.45) is -2.08. The lowest BCUT2D eigenvalue weighted by molar-refractivity contribution is -0.241. The molecule has 16 heavy (non-hydrogen) atoms. The average molecular weight is 237 g/mol. The summed E-state index contributed by atoms with van der Waals surface area (Å²) in [5, 5.41) is 9.70. The molecule has 1 rings (SSSR count). The van der Waals surface area contributed by atoms with Crippen LogP contribution in [-0.2, 0) is 0 Å². The van der Waals surface area contributed by atoms with E-state index in [0.717, 1.165) is 6.42 Å². The van der Waals surface area contributed by atoms with Crippen LogP contribution in [0.5, 0.6) is 0 Å². The molecular formula is C11H18F3NO. The molecule has 0 heterocycles. The van der Waals surface area contributed by atoms with E-state index >= 15 is 0 Å². The zero-order valence-corrected chi connectivity index (χ0v) is 9.51. The van der Waals surface area contributed by atoms with E-state index in [0.29, 0.717) is 0 Å². The third-order valence-electron chi connectivity index (χ3n) is 3.12. The van der Waals surface area contributed by atoms with Crippen molar-refractivity contribution in [1.29, 1.82) is 0 Å². The van der Waals surface area contributed by atoms with Crippen molar-refractivity contribution in [2.75, 3.05) is 6.54 Å². The number of alkyl halides is 3. The van der Waals surface area contributed by atoms with Gasteiger partial charge in [0.2, 0.25) is 0 Å². The van der Waals surface area contributed by atoms with Crippen molar-refractivity contribution in [2.24, 2.45) is 17.6 Å². The molecule has 0 saturated heterocycles. The fraction of sp³-hybridized carbons (Fsp3) is 0.818. The summed E-state index contributed by atoms with van der Waals surface area (Å²) >= 11 is 0. The fourth-order valence-corrected chi connectivity index (χ4v) is 2.31. The summed E-state index contributed by atoms with van der Waals surface area (Å²) in [6.45, 7) is 2.92. The van der Waals surface area contributed by atoms with Crippen LogP contribution in [0.25, 0.3) is 0 Å². The highest BCUT2D eigenvalue weighted by atomic mass is 19.4. The molecule has 2 nitrogen and oxygen atoms in total. The predicted molar refractivity (Wildman–Crippen MR) is 55.7 cm³/mol. The Kier molecular flexibility index (Phi) is 3.69. The van der Waals surface area contributed by atoms with Gasteiger partial charge in [-0.2, -0.15) is 13.2 Å². The molecule has 94 valence electrons. The summed E-state index contributed by atoms with van der Waals surface area (Å²) in [4.78, 5) is 0. The van der Waals surface area contributed by atoms with Crippen LogP contribution in [0.3, 0.4) is 0 Å². The summed E-state index contributed by atoms with van der Waals surface area (Å²) < 4.78 is 38.3. The number of rotatable bonds is 2. The van der Waals surface area contributed by atoms with E-state index in [1.807, 2.05) is 13.8 Å². The van der Waals surface area contributed by atoms with Crippen molar-refractivity contribution in [3.8, 4) is 0 Å². The molecule has 0 aromatic carbocycles. The standard InChI is InChI=1S/C11H18F3NO/c1-7-3-8(2)5-9(4-7)10(16,6-15)11(12,13)14/h4,7-8,16H,3,5-6,15H2,1-2H3. The summed E-state index contributed by atoms with van der Waals surface area (Å²) in [5.74, 6) is 0.203. The molecule has 0 fully saturated rings. The molecule has 0 amide bonds. The normalized spacial score (nSPS) is 30.8. The van der Waals surface area contributed by atoms with Gasteiger partial charge in [0.25, 0.3) is 0 Å². The van der Waals surface area contributed by atoms with E-state index in [2.05, 4.69) is 0 Å². The number of hydrogen-bond acceptors (Lipinski definition) is 2. The molecule has 0 bridgehead atoms. The molecule has 0 aromatic rings. The van der Waals surface area contributed by atoms with Gasteiger partial charge in [0.05, 0.1) is 0 Å². The number of aliphatic hydroxyl groups is 1. The van der Waals surface area contributed by atoms with E-state index in [1.165, 1.54) is 6.08 Å². The van der Waals surface area contributed by atoms with Crippen LogP contribution >= 0.6 is 0 Å². The lowest BCUT2D eigenvalue weighted by Crippen LogP contribution is -2.53. The van der Waals surface area contributed by atoms with Crippen molar-refractivity contribution >= 4 is 0 Å². The first-order valence-electron chi connectivity index (χ1n) is 5.41. The maximum absolute atomic E-state index is 12.8. The van der Waals surface area contributed by atoms with Crippen molar-refractivity contribution in [1.82, 2.24) is 0 Å². The fourth-order valence-electron chi connectivity index (χ4n) is 2.31. The molecule has 3 atom stereocenters. The minimum atomic E-state index is -4.70. The summed E-state index contributed by atoms with van der Waals surface area (Å²) in [5.41, 5.74) is 2.27. The Morgan fingerprint density at radius 3 is 2.38 bits per heavy atom. The first-order chi connectivity index (χ1) is 7.20. The Bertz CT molecular complexity index is 287. The molecule has 0 radical (unpaired) electrons. The van der Waals surface area contributed by atoms with Gasteiger partial charge in [0.15, 0.2) is 5.60 Å². The first kappa shape index (κ1) is 13.5. The first-order valence-corrected chi connectivity index (χ1v) is 5.41. The second-order valence-corrected chi connectivity index (χ2v) is 4.78. The molecule has 1 aliphatic rings. The molecule has 1 aliphatic carbocycles. The highest BCUT2D eigenvalue weighted by Gasteiger charge is 2.55. The minimum absolute atomic E-state index is 0.0220. The maximum atomic E-state index is 12.8. The zero-order valence-electron chi connectivity index (χ0n) is 9.51. The minimum Gasteiger partial charge on any atom is -0.376 e.